The van der Waals surface area contributed by atoms with Gasteiger partial charge in [-0.15, -0.1) is 0 Å². The Morgan fingerprint density at radius 3 is 2.33 bits per heavy atom. The van der Waals surface area contributed by atoms with Gasteiger partial charge in [-0.3, -0.25) is 0 Å². The molecule has 27 heavy (non-hydrogen) atoms. The van der Waals surface area contributed by atoms with Crippen molar-refractivity contribution in [2.75, 3.05) is 31.6 Å². The Hall–Kier alpha value is -2.59. The minimum Gasteiger partial charge on any atom is -0.460 e. The number of carbonyl (C=O) groups excluding carboxylic acids is 1. The second kappa shape index (κ2) is 9.38. The third-order valence-electron chi connectivity index (χ3n) is 5.15. The number of hydrogen-bond acceptors (Lipinski definition) is 4. The number of nitrogens with one attached hydrogen (secondary N) is 1. The van der Waals surface area contributed by atoms with Gasteiger partial charge in [0.1, 0.15) is 12.1 Å². The van der Waals surface area contributed by atoms with Gasteiger partial charge in [0.2, 0.25) is 0 Å². The van der Waals surface area contributed by atoms with Crippen LogP contribution in [0.1, 0.15) is 18.4 Å². The molecule has 0 aromatic heterocycles. The van der Waals surface area contributed by atoms with Crippen LogP contribution in [-0.2, 0) is 16.0 Å². The van der Waals surface area contributed by atoms with Crippen molar-refractivity contribution in [3.05, 3.63) is 78.9 Å². The van der Waals surface area contributed by atoms with E-state index in [0.717, 1.165) is 44.6 Å². The normalized spacial score (nSPS) is 16.4. The predicted octanol–water partition coefficient (Wildman–Crippen LogP) is 3.91. The molecule has 2 aromatic carbocycles. The standard InChI is InChI=1S/C23H28N2O2/c1-2-19-27-22(26)23(24-21-11-7-4-8-12-21)14-17-25(18-15-23)16-13-20-9-5-3-6-10-20/h2-12,24H,1,13-19H2. The molecule has 1 saturated heterocycles. The number of likely N-dealkylation sites (tertiary alicyclic amines) is 1. The lowest BCUT2D eigenvalue weighted by Gasteiger charge is -2.41. The Bertz CT molecular complexity index is 723. The lowest BCUT2D eigenvalue weighted by atomic mass is 9.86. The lowest BCUT2D eigenvalue weighted by Crippen LogP contribution is -2.55. The quantitative estimate of drug-likeness (QED) is 0.570. The summed E-state index contributed by atoms with van der Waals surface area (Å²) in [6.45, 7) is 6.64. The van der Waals surface area contributed by atoms with Gasteiger partial charge in [0.05, 0.1) is 0 Å². The van der Waals surface area contributed by atoms with Crippen LogP contribution in [0.2, 0.25) is 0 Å². The molecular weight excluding hydrogens is 336 g/mol. The summed E-state index contributed by atoms with van der Waals surface area (Å²) in [6, 6.07) is 20.4. The van der Waals surface area contributed by atoms with Crippen molar-refractivity contribution in [3.63, 3.8) is 0 Å². The Morgan fingerprint density at radius 2 is 1.70 bits per heavy atom. The van der Waals surface area contributed by atoms with Crippen LogP contribution in [0, 0.1) is 0 Å². The van der Waals surface area contributed by atoms with Crippen LogP contribution in [-0.4, -0.2) is 42.6 Å². The summed E-state index contributed by atoms with van der Waals surface area (Å²) in [5.74, 6) is -0.186. The zero-order valence-corrected chi connectivity index (χ0v) is 15.8. The third kappa shape index (κ3) is 5.20. The smallest absolute Gasteiger partial charge is 0.332 e. The number of para-hydroxylation sites is 1. The number of ether oxygens (including phenoxy) is 1. The summed E-state index contributed by atoms with van der Waals surface area (Å²) in [4.78, 5) is 15.2. The molecule has 4 nitrogen and oxygen atoms in total. The molecule has 1 N–H and O–H groups in total. The van der Waals surface area contributed by atoms with Gasteiger partial charge >= 0.3 is 5.97 Å². The topological polar surface area (TPSA) is 41.6 Å². The average molecular weight is 364 g/mol. The van der Waals surface area contributed by atoms with E-state index in [1.165, 1.54) is 5.56 Å². The number of piperidine rings is 1. The summed E-state index contributed by atoms with van der Waals surface area (Å²) >= 11 is 0. The first kappa shape index (κ1) is 19.2. The number of anilines is 1. The lowest BCUT2D eigenvalue weighted by molar-refractivity contribution is -0.149. The summed E-state index contributed by atoms with van der Waals surface area (Å²) in [5.41, 5.74) is 1.63. The first-order valence-electron chi connectivity index (χ1n) is 9.59. The van der Waals surface area contributed by atoms with E-state index in [4.69, 9.17) is 4.74 Å². The van der Waals surface area contributed by atoms with Crippen LogP contribution in [0.4, 0.5) is 5.69 Å². The second-order valence-electron chi connectivity index (χ2n) is 7.04. The molecule has 0 saturated carbocycles. The molecule has 0 amide bonds. The number of benzene rings is 2. The maximum atomic E-state index is 12.8. The summed E-state index contributed by atoms with van der Waals surface area (Å²) in [7, 11) is 0. The third-order valence-corrected chi connectivity index (χ3v) is 5.15. The van der Waals surface area contributed by atoms with E-state index < -0.39 is 5.54 Å². The average Bonchev–Trinajstić information content (AvgIpc) is 2.73. The maximum Gasteiger partial charge on any atom is 0.332 e. The number of esters is 1. The number of nitrogens with zero attached hydrogens (tertiary/aromatic N) is 1. The molecule has 1 aliphatic heterocycles. The molecule has 0 radical (unpaired) electrons. The van der Waals surface area contributed by atoms with Gasteiger partial charge < -0.3 is 15.0 Å². The van der Waals surface area contributed by atoms with Crippen LogP contribution in [0.5, 0.6) is 0 Å². The Labute approximate surface area is 161 Å². The van der Waals surface area contributed by atoms with Crippen molar-refractivity contribution in [1.82, 2.24) is 4.90 Å². The molecule has 0 spiro atoms. The Morgan fingerprint density at radius 1 is 1.07 bits per heavy atom. The monoisotopic (exact) mass is 364 g/mol. The first-order valence-corrected chi connectivity index (χ1v) is 9.59. The summed E-state index contributed by atoms with van der Waals surface area (Å²) < 4.78 is 5.43. The van der Waals surface area contributed by atoms with E-state index in [1.807, 2.05) is 36.4 Å². The van der Waals surface area contributed by atoms with Crippen LogP contribution < -0.4 is 5.32 Å². The molecule has 2 aromatic rings. The van der Waals surface area contributed by atoms with E-state index >= 15 is 0 Å². The highest BCUT2D eigenvalue weighted by atomic mass is 16.5. The van der Waals surface area contributed by atoms with Crippen molar-refractivity contribution in [3.8, 4) is 0 Å². The number of hydrogen-bond donors (Lipinski definition) is 1. The van der Waals surface area contributed by atoms with Crippen molar-refractivity contribution >= 4 is 11.7 Å². The van der Waals surface area contributed by atoms with Gasteiger partial charge in [0.25, 0.3) is 0 Å². The van der Waals surface area contributed by atoms with Crippen molar-refractivity contribution in [2.24, 2.45) is 0 Å². The first-order chi connectivity index (χ1) is 13.2. The molecule has 3 rings (SSSR count). The fourth-order valence-corrected chi connectivity index (χ4v) is 3.54. The zero-order valence-electron chi connectivity index (χ0n) is 15.8. The minimum absolute atomic E-state index is 0.186. The van der Waals surface area contributed by atoms with Crippen LogP contribution in [0.25, 0.3) is 0 Å². The molecule has 0 aliphatic carbocycles. The Kier molecular flexibility index (Phi) is 6.66. The molecule has 1 heterocycles. The SMILES string of the molecule is C=CCOC(=O)C1(Nc2ccccc2)CCN(CCc2ccccc2)CC1. The largest absolute Gasteiger partial charge is 0.460 e. The van der Waals surface area contributed by atoms with Crippen LogP contribution in [0.15, 0.2) is 73.3 Å². The highest BCUT2D eigenvalue weighted by molar-refractivity contribution is 5.85. The maximum absolute atomic E-state index is 12.8. The molecule has 0 bridgehead atoms. The fourth-order valence-electron chi connectivity index (χ4n) is 3.54. The fraction of sp³-hybridized carbons (Fsp3) is 0.348. The molecule has 4 heteroatoms. The van der Waals surface area contributed by atoms with Gasteiger partial charge in [-0.2, -0.15) is 0 Å². The van der Waals surface area contributed by atoms with Crippen LogP contribution in [0.3, 0.4) is 0 Å². The van der Waals surface area contributed by atoms with Crippen molar-refractivity contribution in [1.29, 1.82) is 0 Å². The molecule has 0 unspecified atom stereocenters. The van der Waals surface area contributed by atoms with Gasteiger partial charge in [0.15, 0.2) is 0 Å². The molecule has 0 atom stereocenters. The van der Waals surface area contributed by atoms with Gasteiger partial charge in [0, 0.05) is 25.3 Å². The van der Waals surface area contributed by atoms with Gasteiger partial charge in [-0.05, 0) is 37.0 Å². The van der Waals surface area contributed by atoms with E-state index in [-0.39, 0.29) is 12.6 Å². The van der Waals surface area contributed by atoms with E-state index in [1.54, 1.807) is 6.08 Å². The summed E-state index contributed by atoms with van der Waals surface area (Å²) in [6.07, 6.45) is 4.10. The predicted molar refractivity (Wildman–Crippen MR) is 110 cm³/mol. The number of carbonyl (C=O) groups is 1. The second-order valence-corrected chi connectivity index (χ2v) is 7.04. The van der Waals surface area contributed by atoms with Gasteiger partial charge in [-0.25, -0.2) is 4.79 Å². The minimum atomic E-state index is -0.673. The van der Waals surface area contributed by atoms with E-state index in [0.29, 0.717) is 0 Å². The zero-order chi connectivity index (χ0) is 19.0. The van der Waals surface area contributed by atoms with Crippen molar-refractivity contribution < 1.29 is 9.53 Å². The molecule has 1 aliphatic rings. The molecular formula is C23H28N2O2. The number of rotatable bonds is 8. The van der Waals surface area contributed by atoms with Crippen LogP contribution >= 0.6 is 0 Å². The highest BCUT2D eigenvalue weighted by Crippen LogP contribution is 2.29. The Balaban J connectivity index is 1.62. The molecule has 1 fully saturated rings. The highest BCUT2D eigenvalue weighted by Gasteiger charge is 2.42. The summed E-state index contributed by atoms with van der Waals surface area (Å²) in [5, 5.41) is 3.46. The molecule has 142 valence electrons. The van der Waals surface area contributed by atoms with Gasteiger partial charge in [-0.1, -0.05) is 61.2 Å². The van der Waals surface area contributed by atoms with Crippen molar-refractivity contribution in [2.45, 2.75) is 24.8 Å². The van der Waals surface area contributed by atoms with E-state index in [2.05, 4.69) is 41.1 Å². The van der Waals surface area contributed by atoms with E-state index in [9.17, 15) is 4.79 Å².